The van der Waals surface area contributed by atoms with Crippen LogP contribution in [0, 0.1) is 24.0 Å². The highest BCUT2D eigenvalue weighted by Crippen LogP contribution is 2.29. The van der Waals surface area contributed by atoms with Gasteiger partial charge in [0.2, 0.25) is 5.88 Å². The molecule has 6 rings (SSSR count). The molecule has 1 aliphatic rings. The van der Waals surface area contributed by atoms with Gasteiger partial charge in [0, 0.05) is 35.8 Å². The summed E-state index contributed by atoms with van der Waals surface area (Å²) in [4.78, 5) is 23.6. The summed E-state index contributed by atoms with van der Waals surface area (Å²) in [6.07, 6.45) is 0.543. The van der Waals surface area contributed by atoms with Gasteiger partial charge in [-0.25, -0.2) is 32.8 Å². The topological polar surface area (TPSA) is 90.8 Å². The first kappa shape index (κ1) is 27.9. The lowest BCUT2D eigenvalue weighted by Crippen LogP contribution is -2.31. The number of rotatable bonds is 9. The monoisotopic (exact) mass is 584 g/mol. The summed E-state index contributed by atoms with van der Waals surface area (Å²) in [6.45, 7) is 7.82. The van der Waals surface area contributed by atoms with Gasteiger partial charge in [0.25, 0.3) is 0 Å². The maximum Gasteiger partial charge on any atom is 0.335 e. The van der Waals surface area contributed by atoms with Crippen LogP contribution in [0.3, 0.4) is 0 Å². The number of pyridine rings is 1. The van der Waals surface area contributed by atoms with Crippen molar-refractivity contribution in [2.24, 2.45) is 0 Å². The van der Waals surface area contributed by atoms with Crippen LogP contribution in [-0.4, -0.2) is 38.3 Å². The lowest BCUT2D eigenvalue weighted by atomic mass is 10.0. The van der Waals surface area contributed by atoms with Crippen LogP contribution in [0.5, 0.6) is 5.88 Å². The molecule has 43 heavy (non-hydrogen) atoms. The lowest BCUT2D eigenvalue weighted by Gasteiger charge is -2.27. The van der Waals surface area contributed by atoms with Crippen LogP contribution >= 0.6 is 0 Å². The van der Waals surface area contributed by atoms with E-state index >= 15 is 8.78 Å². The first-order chi connectivity index (χ1) is 20.8. The van der Waals surface area contributed by atoms with Crippen molar-refractivity contribution in [2.75, 3.05) is 6.61 Å². The number of benzene rings is 3. The molecule has 0 radical (unpaired) electrons. The first-order valence-corrected chi connectivity index (χ1v) is 13.4. The molecule has 0 spiro atoms. The summed E-state index contributed by atoms with van der Waals surface area (Å²) in [5.41, 5.74) is 1.78. The molecule has 0 unspecified atom stereocenters. The fraction of sp³-hybridized carbons (Fsp3) is 0.188. The number of carbonyl (C=O) groups is 1. The third-order valence-corrected chi connectivity index (χ3v) is 7.29. The maximum absolute atomic E-state index is 15.5. The van der Waals surface area contributed by atoms with Crippen molar-refractivity contribution in [2.45, 2.75) is 32.1 Å². The Morgan fingerprint density at radius 3 is 2.51 bits per heavy atom. The van der Waals surface area contributed by atoms with Crippen molar-refractivity contribution in [3.8, 4) is 17.1 Å². The molecule has 3 aromatic carbocycles. The van der Waals surface area contributed by atoms with Crippen LogP contribution in [-0.2, 0) is 24.3 Å². The van der Waals surface area contributed by atoms with Crippen molar-refractivity contribution in [3.63, 3.8) is 0 Å². The molecule has 1 N–H and O–H groups in total. The number of ether oxygens (including phenoxy) is 2. The Labute approximate surface area is 243 Å². The van der Waals surface area contributed by atoms with Crippen molar-refractivity contribution >= 4 is 22.7 Å². The van der Waals surface area contributed by atoms with Crippen LogP contribution in [0.4, 0.5) is 18.9 Å². The van der Waals surface area contributed by atoms with Gasteiger partial charge >= 0.3 is 5.97 Å². The van der Waals surface area contributed by atoms with Crippen molar-refractivity contribution < 1.29 is 32.5 Å². The summed E-state index contributed by atoms with van der Waals surface area (Å²) in [7, 11) is 0. The normalized spacial score (nSPS) is 14.3. The van der Waals surface area contributed by atoms with Gasteiger partial charge in [-0.3, -0.25) is 0 Å². The van der Waals surface area contributed by atoms with Gasteiger partial charge in [0.15, 0.2) is 5.69 Å². The van der Waals surface area contributed by atoms with E-state index in [-0.39, 0.29) is 58.6 Å². The van der Waals surface area contributed by atoms with E-state index in [0.29, 0.717) is 30.0 Å². The van der Waals surface area contributed by atoms with Crippen molar-refractivity contribution in [1.29, 1.82) is 0 Å². The third kappa shape index (κ3) is 5.78. The molecule has 216 valence electrons. The average molecular weight is 585 g/mol. The molecule has 1 fully saturated rings. The molecule has 1 saturated heterocycles. The molecule has 0 aliphatic carbocycles. The molecule has 1 atom stereocenters. The molecule has 8 nitrogen and oxygen atoms in total. The van der Waals surface area contributed by atoms with Gasteiger partial charge in [0.05, 0.1) is 41.5 Å². The van der Waals surface area contributed by atoms with Crippen LogP contribution in [0.1, 0.15) is 33.7 Å². The summed E-state index contributed by atoms with van der Waals surface area (Å²) < 4.78 is 58.1. The van der Waals surface area contributed by atoms with E-state index in [2.05, 4.69) is 14.8 Å². The smallest absolute Gasteiger partial charge is 0.335 e. The number of imidazole rings is 1. The molecule has 0 saturated carbocycles. The summed E-state index contributed by atoms with van der Waals surface area (Å²) >= 11 is 0. The predicted molar refractivity (Wildman–Crippen MR) is 150 cm³/mol. The molecule has 0 bridgehead atoms. The first-order valence-electron chi connectivity index (χ1n) is 13.4. The molecular formula is C32H23F3N4O4. The predicted octanol–water partition coefficient (Wildman–Crippen LogP) is 6.72. The number of aromatic carboxylic acids is 1. The SMILES string of the molecule is [C-]#[N+]c1ccc(COc2cccc(-c3cc(F)c(Cc4nc5ccc(C(=O)O)cc5n4C[C@@H]4CCO4)c(F)c3)n2)c(F)c1. The van der Waals surface area contributed by atoms with Gasteiger partial charge in [-0.15, -0.1) is 0 Å². The zero-order chi connectivity index (χ0) is 30.1. The van der Waals surface area contributed by atoms with E-state index < -0.39 is 23.4 Å². The van der Waals surface area contributed by atoms with Gasteiger partial charge < -0.3 is 19.1 Å². The number of carboxylic acids is 1. The summed E-state index contributed by atoms with van der Waals surface area (Å²) in [5.74, 6) is -2.76. The number of carboxylic acid groups (broad SMARTS) is 1. The van der Waals surface area contributed by atoms with Gasteiger partial charge in [-0.2, -0.15) is 0 Å². The van der Waals surface area contributed by atoms with Crippen LogP contribution in [0.15, 0.2) is 66.7 Å². The number of hydrogen-bond acceptors (Lipinski definition) is 5. The van der Waals surface area contributed by atoms with E-state index in [1.165, 1.54) is 36.4 Å². The van der Waals surface area contributed by atoms with Gasteiger partial charge in [-0.05, 0) is 48.9 Å². The Bertz CT molecular complexity index is 1890. The van der Waals surface area contributed by atoms with E-state index in [1.807, 2.05) is 0 Å². The Kier molecular flexibility index (Phi) is 7.52. The fourth-order valence-corrected chi connectivity index (χ4v) is 4.88. The zero-order valence-electron chi connectivity index (χ0n) is 22.6. The molecule has 11 heteroatoms. The third-order valence-electron chi connectivity index (χ3n) is 7.29. The highest BCUT2D eigenvalue weighted by atomic mass is 19.1. The minimum absolute atomic E-state index is 0.0817. The van der Waals surface area contributed by atoms with E-state index in [1.54, 1.807) is 28.8 Å². The summed E-state index contributed by atoms with van der Waals surface area (Å²) in [6, 6.07) is 15.6. The second-order valence-corrected chi connectivity index (χ2v) is 10.1. The number of fused-ring (bicyclic) bond motifs is 1. The van der Waals surface area contributed by atoms with Crippen molar-refractivity contribution in [3.05, 3.63) is 118 Å². The second kappa shape index (κ2) is 11.6. The Balaban J connectivity index is 1.26. The van der Waals surface area contributed by atoms with E-state index in [4.69, 9.17) is 16.0 Å². The minimum atomic E-state index is -1.09. The zero-order valence-corrected chi connectivity index (χ0v) is 22.6. The van der Waals surface area contributed by atoms with E-state index in [9.17, 15) is 14.3 Å². The molecule has 1 aliphatic heterocycles. The number of nitrogens with zero attached hydrogens (tertiary/aromatic N) is 4. The fourth-order valence-electron chi connectivity index (χ4n) is 4.88. The maximum atomic E-state index is 15.5. The largest absolute Gasteiger partial charge is 0.478 e. The number of halogens is 3. The molecular weight excluding hydrogens is 561 g/mol. The molecule has 3 heterocycles. The summed E-state index contributed by atoms with van der Waals surface area (Å²) in [5, 5.41) is 9.45. The Morgan fingerprint density at radius 2 is 1.84 bits per heavy atom. The van der Waals surface area contributed by atoms with Crippen molar-refractivity contribution in [1.82, 2.24) is 14.5 Å². The van der Waals surface area contributed by atoms with E-state index in [0.717, 1.165) is 12.5 Å². The van der Waals surface area contributed by atoms with Gasteiger partial charge in [0.1, 0.15) is 29.9 Å². The number of aromatic nitrogens is 3. The molecule has 0 amide bonds. The highest BCUT2D eigenvalue weighted by molar-refractivity contribution is 5.92. The lowest BCUT2D eigenvalue weighted by molar-refractivity contribution is -0.0589. The number of hydrogen-bond donors (Lipinski definition) is 1. The van der Waals surface area contributed by atoms with Crippen LogP contribution in [0.25, 0.3) is 27.1 Å². The Morgan fingerprint density at radius 1 is 1.05 bits per heavy atom. The standard InChI is InChI=1S/C32H23F3N4O4/c1-36-21-7-5-19(24(33)14-21)17-43-31-4-2-3-27(38-31)20-11-25(34)23(26(35)12-20)15-30-37-28-8-6-18(32(40)41)13-29(28)39(30)16-22-9-10-42-22/h2-8,11-14,22H,9-10,15-17H2,(H,40,41)/t22-/m0/s1. The minimum Gasteiger partial charge on any atom is -0.478 e. The van der Waals surface area contributed by atoms with Crippen LogP contribution in [0.2, 0.25) is 0 Å². The Hall–Kier alpha value is -5.21. The highest BCUT2D eigenvalue weighted by Gasteiger charge is 2.24. The van der Waals surface area contributed by atoms with Crippen LogP contribution < -0.4 is 4.74 Å². The van der Waals surface area contributed by atoms with Gasteiger partial charge in [-0.1, -0.05) is 18.2 Å². The quantitative estimate of drug-likeness (QED) is 0.194. The average Bonchev–Trinajstić information content (AvgIpc) is 3.32. The molecule has 2 aromatic heterocycles. The molecule has 5 aromatic rings. The second-order valence-electron chi connectivity index (χ2n) is 10.1.